The first kappa shape index (κ1) is 14.6. The molecule has 0 rings (SSSR count). The minimum Gasteiger partial charge on any atom is -0.369 e. The van der Waals surface area contributed by atoms with Gasteiger partial charge in [-0.25, -0.2) is 0 Å². The SMILES string of the molecule is COCN(CC(=O)C(C)(C)N)C(C)(C)C. The third-order valence-corrected chi connectivity index (χ3v) is 2.29. The van der Waals surface area contributed by atoms with Crippen molar-refractivity contribution in [2.75, 3.05) is 20.4 Å². The van der Waals surface area contributed by atoms with Gasteiger partial charge in [0.1, 0.15) is 0 Å². The molecule has 0 amide bonds. The zero-order valence-electron chi connectivity index (χ0n) is 10.8. The Labute approximate surface area is 92.8 Å². The lowest BCUT2D eigenvalue weighted by Crippen LogP contribution is -2.52. The van der Waals surface area contributed by atoms with Crippen LogP contribution in [0.1, 0.15) is 34.6 Å². The van der Waals surface area contributed by atoms with Crippen molar-refractivity contribution >= 4 is 5.78 Å². The van der Waals surface area contributed by atoms with Gasteiger partial charge in [-0.3, -0.25) is 9.69 Å². The van der Waals surface area contributed by atoms with Gasteiger partial charge in [-0.1, -0.05) is 0 Å². The summed E-state index contributed by atoms with van der Waals surface area (Å²) < 4.78 is 5.08. The Morgan fingerprint density at radius 2 is 1.73 bits per heavy atom. The van der Waals surface area contributed by atoms with Gasteiger partial charge in [0, 0.05) is 12.6 Å². The van der Waals surface area contributed by atoms with E-state index < -0.39 is 5.54 Å². The number of Topliss-reactive ketones (excluding diaryl/α,β-unsaturated/α-hetero) is 1. The van der Waals surface area contributed by atoms with E-state index in [0.717, 1.165) is 0 Å². The number of carbonyl (C=O) groups is 1. The maximum Gasteiger partial charge on any atom is 0.166 e. The van der Waals surface area contributed by atoms with Crippen LogP contribution in [0.5, 0.6) is 0 Å². The van der Waals surface area contributed by atoms with Crippen molar-refractivity contribution in [2.24, 2.45) is 5.73 Å². The molecule has 0 heterocycles. The first-order valence-corrected chi connectivity index (χ1v) is 5.15. The molecule has 4 nitrogen and oxygen atoms in total. The predicted octanol–water partition coefficient (Wildman–Crippen LogP) is 0.997. The molecule has 0 aromatic heterocycles. The molecule has 0 saturated heterocycles. The van der Waals surface area contributed by atoms with Crippen LogP contribution < -0.4 is 5.73 Å². The zero-order chi connectivity index (χ0) is 12.3. The summed E-state index contributed by atoms with van der Waals surface area (Å²) in [5.74, 6) is 0.0227. The minimum atomic E-state index is -0.781. The quantitative estimate of drug-likeness (QED) is 0.697. The van der Waals surface area contributed by atoms with Crippen LogP contribution in [0.2, 0.25) is 0 Å². The Kier molecular flexibility index (Phi) is 4.90. The van der Waals surface area contributed by atoms with Gasteiger partial charge < -0.3 is 10.5 Å². The van der Waals surface area contributed by atoms with Gasteiger partial charge in [0.25, 0.3) is 0 Å². The molecule has 0 radical (unpaired) electrons. The summed E-state index contributed by atoms with van der Waals surface area (Å²) in [7, 11) is 1.62. The van der Waals surface area contributed by atoms with E-state index in [1.165, 1.54) is 0 Å². The number of ketones is 1. The molecule has 0 atom stereocenters. The Balaban J connectivity index is 4.50. The van der Waals surface area contributed by atoms with Crippen LogP contribution in [0.4, 0.5) is 0 Å². The molecule has 0 aliphatic carbocycles. The van der Waals surface area contributed by atoms with Crippen LogP contribution in [-0.4, -0.2) is 42.1 Å². The highest BCUT2D eigenvalue weighted by molar-refractivity contribution is 5.89. The largest absolute Gasteiger partial charge is 0.369 e. The number of rotatable bonds is 5. The molecule has 90 valence electrons. The highest BCUT2D eigenvalue weighted by atomic mass is 16.5. The van der Waals surface area contributed by atoms with Crippen molar-refractivity contribution in [1.82, 2.24) is 4.90 Å². The second-order valence-corrected chi connectivity index (χ2v) is 5.43. The first-order valence-electron chi connectivity index (χ1n) is 5.15. The lowest BCUT2D eigenvalue weighted by Gasteiger charge is -2.35. The number of nitrogens with two attached hydrogens (primary N) is 1. The highest BCUT2D eigenvalue weighted by Crippen LogP contribution is 2.14. The number of ether oxygens (including phenoxy) is 1. The average molecular weight is 216 g/mol. The fourth-order valence-electron chi connectivity index (χ4n) is 1.01. The van der Waals surface area contributed by atoms with Crippen molar-refractivity contribution in [3.05, 3.63) is 0 Å². The molecule has 0 bridgehead atoms. The lowest BCUT2D eigenvalue weighted by atomic mass is 9.98. The lowest BCUT2D eigenvalue weighted by molar-refractivity contribution is -0.127. The monoisotopic (exact) mass is 216 g/mol. The number of methoxy groups -OCH3 is 1. The van der Waals surface area contributed by atoms with E-state index in [1.807, 2.05) is 25.7 Å². The third-order valence-electron chi connectivity index (χ3n) is 2.29. The van der Waals surface area contributed by atoms with E-state index in [-0.39, 0.29) is 11.3 Å². The molecule has 15 heavy (non-hydrogen) atoms. The highest BCUT2D eigenvalue weighted by Gasteiger charge is 2.29. The van der Waals surface area contributed by atoms with E-state index in [1.54, 1.807) is 21.0 Å². The standard InChI is InChI=1S/C11H24N2O2/c1-10(2,3)13(8-15-6)7-9(14)11(4,5)12/h7-8,12H2,1-6H3. The molecule has 0 aliphatic heterocycles. The summed E-state index contributed by atoms with van der Waals surface area (Å²) >= 11 is 0. The van der Waals surface area contributed by atoms with Crippen molar-refractivity contribution in [2.45, 2.75) is 45.7 Å². The summed E-state index contributed by atoms with van der Waals surface area (Å²) in [6.07, 6.45) is 0. The van der Waals surface area contributed by atoms with Crippen LogP contribution in [0, 0.1) is 0 Å². The van der Waals surface area contributed by atoms with Gasteiger partial charge in [0.15, 0.2) is 5.78 Å². The Hall–Kier alpha value is -0.450. The summed E-state index contributed by atoms with van der Waals surface area (Å²) in [6, 6.07) is 0. The summed E-state index contributed by atoms with van der Waals surface area (Å²) in [4.78, 5) is 13.7. The molecule has 0 fully saturated rings. The number of hydrogen-bond donors (Lipinski definition) is 1. The molecule has 0 spiro atoms. The van der Waals surface area contributed by atoms with Crippen molar-refractivity contribution in [3.8, 4) is 0 Å². The Bertz CT molecular complexity index is 214. The van der Waals surface area contributed by atoms with Gasteiger partial charge in [-0.15, -0.1) is 0 Å². The second kappa shape index (κ2) is 5.05. The number of nitrogens with zero attached hydrogens (tertiary/aromatic N) is 1. The Morgan fingerprint density at radius 3 is 2.00 bits per heavy atom. The van der Waals surface area contributed by atoms with Gasteiger partial charge in [0.05, 0.1) is 18.8 Å². The normalized spacial score (nSPS) is 13.3. The number of hydrogen-bond acceptors (Lipinski definition) is 4. The molecular formula is C11H24N2O2. The van der Waals surface area contributed by atoms with Crippen molar-refractivity contribution in [3.63, 3.8) is 0 Å². The summed E-state index contributed by atoms with van der Waals surface area (Å²) in [5, 5.41) is 0. The van der Waals surface area contributed by atoms with Crippen LogP contribution in [0.25, 0.3) is 0 Å². The topological polar surface area (TPSA) is 55.6 Å². The maximum absolute atomic E-state index is 11.8. The smallest absolute Gasteiger partial charge is 0.166 e. The molecule has 4 heteroatoms. The fraction of sp³-hybridized carbons (Fsp3) is 0.909. The van der Waals surface area contributed by atoms with Gasteiger partial charge >= 0.3 is 0 Å². The zero-order valence-corrected chi connectivity index (χ0v) is 10.8. The summed E-state index contributed by atoms with van der Waals surface area (Å²) in [6.45, 7) is 10.3. The van der Waals surface area contributed by atoms with E-state index in [9.17, 15) is 4.79 Å². The average Bonchev–Trinajstić information content (AvgIpc) is 1.99. The second-order valence-electron chi connectivity index (χ2n) is 5.43. The molecule has 0 unspecified atom stereocenters. The summed E-state index contributed by atoms with van der Waals surface area (Å²) in [5.41, 5.74) is 4.87. The molecule has 0 aromatic rings. The van der Waals surface area contributed by atoms with Gasteiger partial charge in [-0.2, -0.15) is 0 Å². The van der Waals surface area contributed by atoms with Crippen molar-refractivity contribution < 1.29 is 9.53 Å². The fourth-order valence-corrected chi connectivity index (χ4v) is 1.01. The van der Waals surface area contributed by atoms with E-state index >= 15 is 0 Å². The van der Waals surface area contributed by atoms with Crippen LogP contribution in [0.3, 0.4) is 0 Å². The molecular weight excluding hydrogens is 192 g/mol. The maximum atomic E-state index is 11.8. The first-order chi connectivity index (χ1) is 6.59. The molecule has 0 saturated carbocycles. The van der Waals surface area contributed by atoms with Crippen LogP contribution in [0.15, 0.2) is 0 Å². The van der Waals surface area contributed by atoms with Crippen LogP contribution in [-0.2, 0) is 9.53 Å². The third kappa shape index (κ3) is 5.25. The van der Waals surface area contributed by atoms with E-state index in [4.69, 9.17) is 10.5 Å². The number of carbonyl (C=O) groups excluding carboxylic acids is 1. The van der Waals surface area contributed by atoms with E-state index in [0.29, 0.717) is 13.3 Å². The Morgan fingerprint density at radius 1 is 1.27 bits per heavy atom. The van der Waals surface area contributed by atoms with Gasteiger partial charge in [-0.05, 0) is 34.6 Å². The van der Waals surface area contributed by atoms with Crippen LogP contribution >= 0.6 is 0 Å². The molecule has 0 aliphatic rings. The minimum absolute atomic E-state index is 0.0227. The molecule has 2 N–H and O–H groups in total. The van der Waals surface area contributed by atoms with Gasteiger partial charge in [0.2, 0.25) is 0 Å². The van der Waals surface area contributed by atoms with Crippen molar-refractivity contribution in [1.29, 1.82) is 0 Å². The predicted molar refractivity (Wildman–Crippen MR) is 61.6 cm³/mol. The molecule has 0 aromatic carbocycles. The van der Waals surface area contributed by atoms with E-state index in [2.05, 4.69) is 0 Å².